The number of hydrogen-bond acceptors (Lipinski definition) is 1. The molecule has 0 saturated heterocycles. The van der Waals surface area contributed by atoms with Gasteiger partial charge in [-0.25, -0.2) is 4.98 Å². The van der Waals surface area contributed by atoms with Crippen molar-refractivity contribution in [3.05, 3.63) is 60.4 Å². The third-order valence-corrected chi connectivity index (χ3v) is 3.38. The highest BCUT2D eigenvalue weighted by Gasteiger charge is 2.06. The minimum atomic E-state index is 0.822. The van der Waals surface area contributed by atoms with E-state index in [9.17, 15) is 0 Å². The summed E-state index contributed by atoms with van der Waals surface area (Å²) in [5.74, 6) is 0. The summed E-state index contributed by atoms with van der Waals surface area (Å²) < 4.78 is 2.07. The van der Waals surface area contributed by atoms with Crippen molar-refractivity contribution in [2.24, 2.45) is 0 Å². The molecule has 0 saturated carbocycles. The van der Waals surface area contributed by atoms with Crippen LogP contribution in [-0.2, 0) is 5.33 Å². The molecule has 17 heavy (non-hydrogen) atoms. The molecule has 2 aromatic heterocycles. The standard InChI is InChI=1S/C14H11BrN2/c15-9-12-7-4-8-17-10-13(16-14(12)17)11-5-2-1-3-6-11/h1-8,10H,9H2. The smallest absolute Gasteiger partial charge is 0.141 e. The average Bonchev–Trinajstić information content (AvgIpc) is 2.83. The Morgan fingerprint density at radius 1 is 1.06 bits per heavy atom. The highest BCUT2D eigenvalue weighted by Crippen LogP contribution is 2.21. The van der Waals surface area contributed by atoms with Crippen molar-refractivity contribution >= 4 is 21.6 Å². The summed E-state index contributed by atoms with van der Waals surface area (Å²) in [6, 6.07) is 14.4. The number of imidazole rings is 1. The average molecular weight is 287 g/mol. The van der Waals surface area contributed by atoms with E-state index in [1.54, 1.807) is 0 Å². The predicted molar refractivity (Wildman–Crippen MR) is 73.3 cm³/mol. The molecule has 0 spiro atoms. The highest BCUT2D eigenvalue weighted by atomic mass is 79.9. The number of alkyl halides is 1. The zero-order chi connectivity index (χ0) is 11.7. The van der Waals surface area contributed by atoms with Gasteiger partial charge in [0.15, 0.2) is 0 Å². The van der Waals surface area contributed by atoms with E-state index >= 15 is 0 Å². The Morgan fingerprint density at radius 3 is 2.65 bits per heavy atom. The van der Waals surface area contributed by atoms with Crippen LogP contribution >= 0.6 is 15.9 Å². The number of fused-ring (bicyclic) bond motifs is 1. The van der Waals surface area contributed by atoms with Gasteiger partial charge in [-0.2, -0.15) is 0 Å². The topological polar surface area (TPSA) is 17.3 Å². The Kier molecular flexibility index (Phi) is 2.69. The third-order valence-electron chi connectivity index (χ3n) is 2.78. The maximum Gasteiger partial charge on any atom is 0.141 e. The van der Waals surface area contributed by atoms with Gasteiger partial charge in [-0.1, -0.05) is 52.3 Å². The van der Waals surface area contributed by atoms with Crippen LogP contribution in [0.2, 0.25) is 0 Å². The van der Waals surface area contributed by atoms with Gasteiger partial charge in [0.05, 0.1) is 5.69 Å². The lowest BCUT2D eigenvalue weighted by molar-refractivity contribution is 1.16. The fourth-order valence-corrected chi connectivity index (χ4v) is 2.36. The number of aromatic nitrogens is 2. The molecule has 3 aromatic rings. The lowest BCUT2D eigenvalue weighted by Crippen LogP contribution is -1.87. The normalized spacial score (nSPS) is 10.9. The van der Waals surface area contributed by atoms with Crippen LogP contribution in [0, 0.1) is 0 Å². The number of halogens is 1. The van der Waals surface area contributed by atoms with Gasteiger partial charge < -0.3 is 4.40 Å². The Hall–Kier alpha value is -1.61. The van der Waals surface area contributed by atoms with Gasteiger partial charge >= 0.3 is 0 Å². The van der Waals surface area contributed by atoms with Crippen LogP contribution in [0.4, 0.5) is 0 Å². The molecule has 0 N–H and O–H groups in total. The minimum absolute atomic E-state index is 0.822. The van der Waals surface area contributed by atoms with E-state index in [4.69, 9.17) is 0 Å². The Bertz CT molecular complexity index is 644. The molecule has 0 fully saturated rings. The van der Waals surface area contributed by atoms with Crippen molar-refractivity contribution in [2.45, 2.75) is 5.33 Å². The van der Waals surface area contributed by atoms with Crippen molar-refractivity contribution in [3.63, 3.8) is 0 Å². The second-order valence-corrected chi connectivity index (χ2v) is 4.45. The molecule has 1 aromatic carbocycles. The van der Waals surface area contributed by atoms with Gasteiger partial charge in [0.2, 0.25) is 0 Å². The quantitative estimate of drug-likeness (QED) is 0.653. The summed E-state index contributed by atoms with van der Waals surface area (Å²) in [5.41, 5.74) is 4.38. The van der Waals surface area contributed by atoms with E-state index in [1.165, 1.54) is 5.56 Å². The van der Waals surface area contributed by atoms with E-state index in [0.717, 1.165) is 22.2 Å². The molecule has 3 heteroatoms. The largest absolute Gasteiger partial charge is 0.306 e. The number of hydrogen-bond donors (Lipinski definition) is 0. The lowest BCUT2D eigenvalue weighted by Gasteiger charge is -1.97. The van der Waals surface area contributed by atoms with Crippen LogP contribution in [0.5, 0.6) is 0 Å². The summed E-state index contributed by atoms with van der Waals surface area (Å²) >= 11 is 3.49. The summed E-state index contributed by atoms with van der Waals surface area (Å²) in [5, 5.41) is 0.822. The van der Waals surface area contributed by atoms with Crippen LogP contribution in [0.1, 0.15) is 5.56 Å². The number of pyridine rings is 1. The van der Waals surface area contributed by atoms with E-state index < -0.39 is 0 Å². The number of rotatable bonds is 2. The molecule has 0 amide bonds. The minimum Gasteiger partial charge on any atom is -0.306 e. The van der Waals surface area contributed by atoms with Gasteiger partial charge in [0, 0.05) is 28.9 Å². The fraction of sp³-hybridized carbons (Fsp3) is 0.0714. The molecular weight excluding hydrogens is 276 g/mol. The van der Waals surface area contributed by atoms with E-state index in [0.29, 0.717) is 0 Å². The van der Waals surface area contributed by atoms with Crippen molar-refractivity contribution in [1.29, 1.82) is 0 Å². The molecule has 0 unspecified atom stereocenters. The maximum absolute atomic E-state index is 4.69. The van der Waals surface area contributed by atoms with Crippen molar-refractivity contribution < 1.29 is 0 Å². The SMILES string of the molecule is BrCc1cccn2cc(-c3ccccc3)nc12. The van der Waals surface area contributed by atoms with Crippen LogP contribution in [0.3, 0.4) is 0 Å². The zero-order valence-electron chi connectivity index (χ0n) is 9.18. The van der Waals surface area contributed by atoms with Gasteiger partial charge in [0.1, 0.15) is 5.65 Å². The predicted octanol–water partition coefficient (Wildman–Crippen LogP) is 3.90. The van der Waals surface area contributed by atoms with Gasteiger partial charge in [-0.05, 0) is 6.07 Å². The molecule has 0 radical (unpaired) electrons. The first-order valence-electron chi connectivity index (χ1n) is 5.46. The van der Waals surface area contributed by atoms with Gasteiger partial charge in [-0.15, -0.1) is 0 Å². The molecule has 2 nitrogen and oxygen atoms in total. The molecule has 3 rings (SSSR count). The molecule has 0 atom stereocenters. The van der Waals surface area contributed by atoms with E-state index in [2.05, 4.69) is 49.7 Å². The molecule has 2 heterocycles. The monoisotopic (exact) mass is 286 g/mol. The van der Waals surface area contributed by atoms with Crippen LogP contribution in [-0.4, -0.2) is 9.38 Å². The highest BCUT2D eigenvalue weighted by molar-refractivity contribution is 9.08. The number of nitrogens with zero attached hydrogens (tertiary/aromatic N) is 2. The second-order valence-electron chi connectivity index (χ2n) is 3.89. The summed E-state index contributed by atoms with van der Waals surface area (Å²) in [4.78, 5) is 4.69. The van der Waals surface area contributed by atoms with Crippen molar-refractivity contribution in [3.8, 4) is 11.3 Å². The first-order chi connectivity index (χ1) is 8.38. The van der Waals surface area contributed by atoms with E-state index in [1.807, 2.05) is 30.5 Å². The first-order valence-corrected chi connectivity index (χ1v) is 6.58. The zero-order valence-corrected chi connectivity index (χ0v) is 10.8. The Morgan fingerprint density at radius 2 is 1.88 bits per heavy atom. The molecule has 0 aliphatic carbocycles. The fourth-order valence-electron chi connectivity index (χ4n) is 1.92. The third kappa shape index (κ3) is 1.87. The Balaban J connectivity index is 2.20. The molecule has 0 aliphatic heterocycles. The van der Waals surface area contributed by atoms with E-state index in [-0.39, 0.29) is 0 Å². The summed E-state index contributed by atoms with van der Waals surface area (Å²) in [6.07, 6.45) is 4.10. The van der Waals surface area contributed by atoms with Gasteiger partial charge in [-0.3, -0.25) is 0 Å². The maximum atomic E-state index is 4.69. The lowest BCUT2D eigenvalue weighted by atomic mass is 10.2. The first kappa shape index (κ1) is 10.5. The molecule has 84 valence electrons. The van der Waals surface area contributed by atoms with Crippen molar-refractivity contribution in [1.82, 2.24) is 9.38 Å². The van der Waals surface area contributed by atoms with Crippen LogP contribution < -0.4 is 0 Å². The van der Waals surface area contributed by atoms with Crippen LogP contribution in [0.15, 0.2) is 54.9 Å². The van der Waals surface area contributed by atoms with Crippen LogP contribution in [0.25, 0.3) is 16.9 Å². The molecule has 0 aliphatic rings. The second kappa shape index (κ2) is 4.34. The van der Waals surface area contributed by atoms with Gasteiger partial charge in [0.25, 0.3) is 0 Å². The van der Waals surface area contributed by atoms with Crippen molar-refractivity contribution in [2.75, 3.05) is 0 Å². The Labute approximate surface area is 108 Å². The molecular formula is C14H11BrN2. The summed E-state index contributed by atoms with van der Waals surface area (Å²) in [6.45, 7) is 0. The molecule has 0 bridgehead atoms. The number of benzene rings is 1. The summed E-state index contributed by atoms with van der Waals surface area (Å²) in [7, 11) is 0.